The first kappa shape index (κ1) is 22.6. The van der Waals surface area contributed by atoms with E-state index in [1.807, 2.05) is 44.1 Å². The van der Waals surface area contributed by atoms with E-state index in [1.165, 1.54) is 21.3 Å². The van der Waals surface area contributed by atoms with Gasteiger partial charge in [-0.3, -0.25) is 4.79 Å². The highest BCUT2D eigenvalue weighted by Gasteiger charge is 2.20. The summed E-state index contributed by atoms with van der Waals surface area (Å²) in [4.78, 5) is 15.0. The van der Waals surface area contributed by atoms with Crippen molar-refractivity contribution in [3.63, 3.8) is 0 Å². The molecule has 0 heterocycles. The summed E-state index contributed by atoms with van der Waals surface area (Å²) in [6, 6.07) is 9.00. The molecule has 156 valence electrons. The molecule has 0 aromatic heterocycles. The minimum absolute atomic E-state index is 0.233. The van der Waals surface area contributed by atoms with Crippen LogP contribution in [0.2, 0.25) is 0 Å². The van der Waals surface area contributed by atoms with E-state index in [0.29, 0.717) is 33.9 Å². The van der Waals surface area contributed by atoms with Gasteiger partial charge >= 0.3 is 0 Å². The van der Waals surface area contributed by atoms with Gasteiger partial charge in [0.2, 0.25) is 5.78 Å². The Morgan fingerprint density at radius 3 is 2.14 bits per heavy atom. The number of carbonyl (C=O) groups is 1. The minimum atomic E-state index is -0.233. The Labute approximate surface area is 180 Å². The monoisotopic (exact) mass is 463 g/mol. The molecule has 2 aromatic carbocycles. The lowest BCUT2D eigenvalue weighted by Crippen LogP contribution is -2.11. The first-order chi connectivity index (χ1) is 13.9. The van der Waals surface area contributed by atoms with Gasteiger partial charge in [0.05, 0.1) is 43.7 Å². The molecule has 0 aliphatic heterocycles. The molecule has 0 unspecified atom stereocenters. The number of allylic oxidation sites excluding steroid dienone is 1. The van der Waals surface area contributed by atoms with E-state index >= 15 is 0 Å². The van der Waals surface area contributed by atoms with Crippen molar-refractivity contribution in [3.8, 4) is 23.0 Å². The normalized spacial score (nSPS) is 11.1. The van der Waals surface area contributed by atoms with E-state index in [-0.39, 0.29) is 5.78 Å². The zero-order valence-corrected chi connectivity index (χ0v) is 19.1. The Kier molecular flexibility index (Phi) is 7.96. The van der Waals surface area contributed by atoms with Gasteiger partial charge in [0.15, 0.2) is 11.5 Å². The van der Waals surface area contributed by atoms with E-state index < -0.39 is 0 Å². The summed E-state index contributed by atoms with van der Waals surface area (Å²) in [5, 5.41) is 0. The first-order valence-electron chi connectivity index (χ1n) is 9.02. The number of carbonyl (C=O) groups excluding carboxylic acids is 1. The fourth-order valence-electron chi connectivity index (χ4n) is 2.80. The largest absolute Gasteiger partial charge is 0.496 e. The Hall–Kier alpha value is -2.67. The number of benzene rings is 2. The van der Waals surface area contributed by atoms with Crippen LogP contribution in [0.15, 0.2) is 34.8 Å². The lowest BCUT2D eigenvalue weighted by molar-refractivity contribution is 0.104. The average Bonchev–Trinajstić information content (AvgIpc) is 2.73. The summed E-state index contributed by atoms with van der Waals surface area (Å²) < 4.78 is 22.0. The molecule has 0 bridgehead atoms. The van der Waals surface area contributed by atoms with Gasteiger partial charge in [0.25, 0.3) is 0 Å². The summed E-state index contributed by atoms with van der Waals surface area (Å²) in [5.74, 6) is 1.90. The zero-order chi connectivity index (χ0) is 21.6. The zero-order valence-electron chi connectivity index (χ0n) is 17.5. The molecular weight excluding hydrogens is 438 g/mol. The van der Waals surface area contributed by atoms with Crippen LogP contribution in [0.25, 0.3) is 6.08 Å². The van der Waals surface area contributed by atoms with Crippen LogP contribution >= 0.6 is 15.9 Å². The predicted octanol–water partition coefficient (Wildman–Crippen LogP) is 4.80. The second-order valence-corrected chi connectivity index (χ2v) is 7.14. The molecule has 0 fully saturated rings. The van der Waals surface area contributed by atoms with Crippen LogP contribution in [0.5, 0.6) is 23.0 Å². The molecule has 2 rings (SSSR count). The molecule has 0 atom stereocenters. The summed E-state index contributed by atoms with van der Waals surface area (Å²) in [6.45, 7) is 2.52. The number of methoxy groups -OCH3 is 3. The Balaban J connectivity index is 2.44. The number of rotatable bonds is 9. The van der Waals surface area contributed by atoms with Crippen molar-refractivity contribution < 1.29 is 23.7 Å². The predicted molar refractivity (Wildman–Crippen MR) is 119 cm³/mol. The van der Waals surface area contributed by atoms with Gasteiger partial charge < -0.3 is 23.8 Å². The molecule has 0 N–H and O–H groups in total. The van der Waals surface area contributed by atoms with Crippen LogP contribution < -0.4 is 23.8 Å². The number of Topliss-reactive ketones (excluding diaryl/α,β-unsaturated/α-hetero) is 1. The highest BCUT2D eigenvalue weighted by molar-refractivity contribution is 9.12. The van der Waals surface area contributed by atoms with Crippen LogP contribution in [0.4, 0.5) is 5.69 Å². The van der Waals surface area contributed by atoms with Crippen molar-refractivity contribution in [3.05, 3.63) is 45.9 Å². The van der Waals surface area contributed by atoms with Crippen molar-refractivity contribution in [2.24, 2.45) is 0 Å². The maximum Gasteiger partial charge on any atom is 0.203 e. The summed E-state index contributed by atoms with van der Waals surface area (Å²) in [5.41, 5.74) is 2.15. The highest BCUT2D eigenvalue weighted by Crippen LogP contribution is 2.37. The fraction of sp³-hybridized carbons (Fsp3) is 0.318. The SMILES string of the molecule is CCOc1ccc(C=C(Br)C(=O)c2cc(OC)c(OC)cc2OC)cc1N(C)C. The minimum Gasteiger partial charge on any atom is -0.496 e. The number of hydrogen-bond acceptors (Lipinski definition) is 6. The Bertz CT molecular complexity index is 908. The topological polar surface area (TPSA) is 57.2 Å². The molecule has 6 nitrogen and oxygen atoms in total. The quantitative estimate of drug-likeness (QED) is 0.393. The maximum absolute atomic E-state index is 13.1. The standard InChI is InChI=1S/C22H26BrNO5/c1-7-29-18-9-8-14(11-17(18)24(2)3)10-16(23)22(25)15-12-20(27-5)21(28-6)13-19(15)26-4/h8-13H,7H2,1-6H3. The van der Waals surface area contributed by atoms with Gasteiger partial charge in [-0.25, -0.2) is 0 Å². The molecule has 0 saturated heterocycles. The average molecular weight is 464 g/mol. The van der Waals surface area contributed by atoms with Gasteiger partial charge in [-0.1, -0.05) is 6.07 Å². The van der Waals surface area contributed by atoms with Crippen LogP contribution in [0.1, 0.15) is 22.8 Å². The number of anilines is 1. The van der Waals surface area contributed by atoms with E-state index in [4.69, 9.17) is 18.9 Å². The van der Waals surface area contributed by atoms with Gasteiger partial charge in [-0.15, -0.1) is 0 Å². The first-order valence-corrected chi connectivity index (χ1v) is 9.81. The van der Waals surface area contributed by atoms with E-state index in [0.717, 1.165) is 17.0 Å². The summed E-state index contributed by atoms with van der Waals surface area (Å²) in [7, 11) is 8.45. The summed E-state index contributed by atoms with van der Waals surface area (Å²) >= 11 is 3.41. The molecule has 2 aromatic rings. The second kappa shape index (κ2) is 10.2. The van der Waals surface area contributed by atoms with Crippen molar-refractivity contribution in [2.75, 3.05) is 46.9 Å². The number of ether oxygens (including phenoxy) is 4. The molecule has 0 saturated carbocycles. The van der Waals surface area contributed by atoms with E-state index in [9.17, 15) is 4.79 Å². The highest BCUT2D eigenvalue weighted by atomic mass is 79.9. The molecular formula is C22H26BrNO5. The van der Waals surface area contributed by atoms with E-state index in [1.54, 1.807) is 18.2 Å². The molecule has 0 radical (unpaired) electrons. The lowest BCUT2D eigenvalue weighted by Gasteiger charge is -2.18. The molecule has 0 spiro atoms. The fourth-order valence-corrected chi connectivity index (χ4v) is 3.28. The van der Waals surface area contributed by atoms with Crippen molar-refractivity contribution in [1.29, 1.82) is 0 Å². The third-order valence-electron chi connectivity index (χ3n) is 4.23. The number of ketones is 1. The Morgan fingerprint density at radius 1 is 0.966 bits per heavy atom. The van der Waals surface area contributed by atoms with Crippen molar-refractivity contribution >= 4 is 33.5 Å². The Morgan fingerprint density at radius 2 is 1.59 bits per heavy atom. The molecule has 0 amide bonds. The molecule has 0 aliphatic carbocycles. The lowest BCUT2D eigenvalue weighted by atomic mass is 10.1. The van der Waals surface area contributed by atoms with Gasteiger partial charge in [-0.2, -0.15) is 0 Å². The van der Waals surface area contributed by atoms with Crippen LogP contribution in [0, 0.1) is 0 Å². The maximum atomic E-state index is 13.1. The third kappa shape index (κ3) is 5.23. The second-order valence-electron chi connectivity index (χ2n) is 6.28. The van der Waals surface area contributed by atoms with Crippen LogP contribution in [-0.4, -0.2) is 47.8 Å². The smallest absolute Gasteiger partial charge is 0.203 e. The van der Waals surface area contributed by atoms with Crippen LogP contribution in [-0.2, 0) is 0 Å². The van der Waals surface area contributed by atoms with E-state index in [2.05, 4.69) is 15.9 Å². The third-order valence-corrected chi connectivity index (χ3v) is 4.81. The van der Waals surface area contributed by atoms with Crippen molar-refractivity contribution in [1.82, 2.24) is 0 Å². The molecule has 0 aliphatic rings. The number of hydrogen-bond donors (Lipinski definition) is 0. The number of halogens is 1. The van der Waals surface area contributed by atoms with Crippen molar-refractivity contribution in [2.45, 2.75) is 6.92 Å². The van der Waals surface area contributed by atoms with Gasteiger partial charge in [0.1, 0.15) is 11.5 Å². The molecule has 29 heavy (non-hydrogen) atoms. The van der Waals surface area contributed by atoms with Gasteiger partial charge in [0, 0.05) is 20.2 Å². The number of nitrogens with zero attached hydrogens (tertiary/aromatic N) is 1. The van der Waals surface area contributed by atoms with Crippen LogP contribution in [0.3, 0.4) is 0 Å². The summed E-state index contributed by atoms with van der Waals surface area (Å²) in [6.07, 6.45) is 1.77. The molecule has 7 heteroatoms. The van der Waals surface area contributed by atoms with Gasteiger partial charge in [-0.05, 0) is 52.7 Å².